The summed E-state index contributed by atoms with van der Waals surface area (Å²) in [5.74, 6) is 0. The van der Waals surface area contributed by atoms with Crippen LogP contribution in [0.4, 0.5) is 0 Å². The standard InChI is InChI=1S/C30H18S/c1-3-7-19-11-23-21(9-17(19)5-1)13-29(27-15-25(23)27)31-30-14-22-10-18-6-2-4-8-20(18)12-24(22)26-16-28(26)30/h1-14H,15-16H2. The van der Waals surface area contributed by atoms with Gasteiger partial charge in [-0.25, -0.2) is 0 Å². The zero-order chi connectivity index (χ0) is 20.1. The quantitative estimate of drug-likeness (QED) is 0.258. The van der Waals surface area contributed by atoms with Gasteiger partial charge in [0.2, 0.25) is 0 Å². The zero-order valence-corrected chi connectivity index (χ0v) is 17.7. The minimum atomic E-state index is 1.14. The van der Waals surface area contributed by atoms with E-state index in [-0.39, 0.29) is 0 Å². The van der Waals surface area contributed by atoms with Crippen molar-refractivity contribution in [2.24, 2.45) is 0 Å². The van der Waals surface area contributed by atoms with Crippen molar-refractivity contribution in [2.75, 3.05) is 0 Å². The molecule has 0 saturated heterocycles. The maximum absolute atomic E-state index is 2.43. The largest absolute Gasteiger partial charge is 0.0894 e. The molecule has 0 atom stereocenters. The molecule has 0 N–H and O–H groups in total. The summed E-state index contributed by atoms with van der Waals surface area (Å²) in [7, 11) is 0. The molecule has 0 aromatic heterocycles. The van der Waals surface area contributed by atoms with Crippen LogP contribution in [0, 0.1) is 0 Å². The molecule has 0 saturated carbocycles. The van der Waals surface area contributed by atoms with Crippen LogP contribution in [0.3, 0.4) is 0 Å². The highest BCUT2D eigenvalue weighted by Crippen LogP contribution is 2.50. The molecule has 0 unspecified atom stereocenters. The van der Waals surface area contributed by atoms with Gasteiger partial charge in [-0.15, -0.1) is 0 Å². The van der Waals surface area contributed by atoms with Crippen molar-refractivity contribution in [3.8, 4) is 0 Å². The number of rotatable bonds is 2. The lowest BCUT2D eigenvalue weighted by Crippen LogP contribution is -1.80. The first-order valence-corrected chi connectivity index (χ1v) is 11.8. The summed E-state index contributed by atoms with van der Waals surface area (Å²) >= 11 is 1.99. The van der Waals surface area contributed by atoms with Crippen molar-refractivity contribution in [3.05, 3.63) is 107 Å². The lowest BCUT2D eigenvalue weighted by Gasteiger charge is -2.07. The Balaban J connectivity index is 1.28. The molecule has 0 fully saturated rings. The molecule has 0 nitrogen and oxygen atoms in total. The van der Waals surface area contributed by atoms with E-state index in [0.717, 1.165) is 12.8 Å². The van der Waals surface area contributed by atoms with Crippen molar-refractivity contribution >= 4 is 54.9 Å². The van der Waals surface area contributed by atoms with E-state index in [1.54, 1.807) is 22.3 Å². The molecule has 0 radical (unpaired) electrons. The van der Waals surface area contributed by atoms with Crippen molar-refractivity contribution < 1.29 is 0 Å². The molecule has 2 aliphatic rings. The van der Waals surface area contributed by atoms with Crippen LogP contribution in [0.5, 0.6) is 0 Å². The maximum Gasteiger partial charge on any atom is 0.0167 e. The Morgan fingerprint density at radius 3 is 1.29 bits per heavy atom. The van der Waals surface area contributed by atoms with E-state index in [9.17, 15) is 0 Å². The van der Waals surface area contributed by atoms with Crippen molar-refractivity contribution in [1.82, 2.24) is 0 Å². The van der Waals surface area contributed by atoms with Crippen LogP contribution < -0.4 is 0 Å². The van der Waals surface area contributed by atoms with Crippen molar-refractivity contribution in [3.63, 3.8) is 0 Å². The lowest BCUT2D eigenvalue weighted by molar-refractivity contribution is 1.39. The first-order chi connectivity index (χ1) is 15.3. The molecular weight excluding hydrogens is 392 g/mol. The van der Waals surface area contributed by atoms with Crippen LogP contribution in [0.1, 0.15) is 22.3 Å². The molecular formula is C30H18S. The average Bonchev–Trinajstić information content (AvgIpc) is 3.70. The number of fused-ring (bicyclic) bond motifs is 8. The normalized spacial score (nSPS) is 13.7. The van der Waals surface area contributed by atoms with Gasteiger partial charge in [-0.2, -0.15) is 0 Å². The summed E-state index contributed by atoms with van der Waals surface area (Å²) in [4.78, 5) is 2.90. The molecule has 0 aliphatic heterocycles. The monoisotopic (exact) mass is 410 g/mol. The summed E-state index contributed by atoms with van der Waals surface area (Å²) in [6, 6.07) is 31.8. The van der Waals surface area contributed by atoms with Gasteiger partial charge < -0.3 is 0 Å². The molecule has 0 heterocycles. The third-order valence-corrected chi connectivity index (χ3v) is 8.23. The third-order valence-electron chi connectivity index (χ3n) is 7.06. The highest BCUT2D eigenvalue weighted by atomic mass is 32.2. The third kappa shape index (κ3) is 2.38. The number of hydrogen-bond donors (Lipinski definition) is 0. The fourth-order valence-electron chi connectivity index (χ4n) is 5.29. The van der Waals surface area contributed by atoms with Crippen LogP contribution in [0.15, 0.2) is 94.7 Å². The second kappa shape index (κ2) is 5.69. The first kappa shape index (κ1) is 16.4. The highest BCUT2D eigenvalue weighted by Gasteiger charge is 2.29. The topological polar surface area (TPSA) is 0 Å². The van der Waals surface area contributed by atoms with Gasteiger partial charge in [0.25, 0.3) is 0 Å². The van der Waals surface area contributed by atoms with Crippen LogP contribution in [-0.4, -0.2) is 0 Å². The van der Waals surface area contributed by atoms with E-state index < -0.39 is 0 Å². The summed E-state index contributed by atoms with van der Waals surface area (Å²) in [5, 5.41) is 11.0. The molecule has 6 aromatic carbocycles. The summed E-state index contributed by atoms with van der Waals surface area (Å²) in [5.41, 5.74) is 6.22. The van der Waals surface area contributed by atoms with Gasteiger partial charge in [-0.05, 0) is 115 Å². The van der Waals surface area contributed by atoms with Crippen molar-refractivity contribution in [2.45, 2.75) is 22.6 Å². The molecule has 1 heteroatoms. The van der Waals surface area contributed by atoms with Gasteiger partial charge in [0.15, 0.2) is 0 Å². The molecule has 6 aromatic rings. The first-order valence-electron chi connectivity index (χ1n) is 10.9. The van der Waals surface area contributed by atoms with Gasteiger partial charge in [0.05, 0.1) is 0 Å². The van der Waals surface area contributed by atoms with Crippen LogP contribution >= 0.6 is 11.8 Å². The lowest BCUT2D eigenvalue weighted by atomic mass is 10.0. The van der Waals surface area contributed by atoms with Crippen LogP contribution in [0.25, 0.3) is 43.1 Å². The van der Waals surface area contributed by atoms with E-state index in [1.165, 1.54) is 52.9 Å². The fourth-order valence-corrected chi connectivity index (χ4v) is 6.53. The van der Waals surface area contributed by atoms with Gasteiger partial charge >= 0.3 is 0 Å². The second-order valence-electron chi connectivity index (χ2n) is 8.96. The van der Waals surface area contributed by atoms with Crippen LogP contribution in [-0.2, 0) is 12.8 Å². The Kier molecular flexibility index (Phi) is 3.01. The van der Waals surface area contributed by atoms with Gasteiger partial charge in [-0.1, -0.05) is 60.3 Å². The maximum atomic E-state index is 2.43. The van der Waals surface area contributed by atoms with Crippen LogP contribution in [0.2, 0.25) is 0 Å². The fraction of sp³-hybridized carbons (Fsp3) is 0.0667. The minimum Gasteiger partial charge on any atom is -0.0894 e. The van der Waals surface area contributed by atoms with E-state index in [2.05, 4.69) is 84.9 Å². The van der Waals surface area contributed by atoms with Gasteiger partial charge in [0.1, 0.15) is 0 Å². The van der Waals surface area contributed by atoms with Crippen molar-refractivity contribution in [1.29, 1.82) is 0 Å². The molecule has 0 spiro atoms. The Bertz CT molecular complexity index is 1630. The summed E-state index contributed by atoms with van der Waals surface area (Å²) < 4.78 is 0. The van der Waals surface area contributed by atoms with Gasteiger partial charge in [-0.3, -0.25) is 0 Å². The van der Waals surface area contributed by atoms with E-state index in [1.807, 2.05) is 11.8 Å². The molecule has 0 bridgehead atoms. The summed E-state index contributed by atoms with van der Waals surface area (Å²) in [6.07, 6.45) is 2.29. The SMILES string of the molecule is c1ccc2cc3c4c(c(Sc5cc6cc7ccccc7cc6c6c5C6)cc3cc2c1)C4. The average molecular weight is 411 g/mol. The molecule has 31 heavy (non-hydrogen) atoms. The molecule has 8 rings (SSSR count). The highest BCUT2D eigenvalue weighted by molar-refractivity contribution is 7.99. The molecule has 2 aliphatic carbocycles. The minimum absolute atomic E-state index is 1.14. The van der Waals surface area contributed by atoms with E-state index in [4.69, 9.17) is 0 Å². The smallest absolute Gasteiger partial charge is 0.0167 e. The Morgan fingerprint density at radius 2 is 0.839 bits per heavy atom. The number of benzene rings is 6. The Morgan fingerprint density at radius 1 is 0.419 bits per heavy atom. The second-order valence-corrected chi connectivity index (χ2v) is 10.0. The van der Waals surface area contributed by atoms with E-state index >= 15 is 0 Å². The predicted octanol–water partition coefficient (Wildman–Crippen LogP) is 8.26. The molecule has 144 valence electrons. The Labute approximate surface area is 184 Å². The zero-order valence-electron chi connectivity index (χ0n) is 16.9. The molecule has 0 amide bonds. The summed E-state index contributed by atoms with van der Waals surface area (Å²) in [6.45, 7) is 0. The Hall–Kier alpha value is -3.29. The predicted molar refractivity (Wildman–Crippen MR) is 133 cm³/mol. The van der Waals surface area contributed by atoms with E-state index in [0.29, 0.717) is 0 Å². The van der Waals surface area contributed by atoms with Gasteiger partial charge in [0, 0.05) is 9.79 Å². The number of hydrogen-bond acceptors (Lipinski definition) is 1.